The molecule has 5 nitrogen and oxygen atoms in total. The van der Waals surface area contributed by atoms with E-state index in [0.717, 1.165) is 10.0 Å². The lowest BCUT2D eigenvalue weighted by atomic mass is 10.2. The van der Waals surface area contributed by atoms with Gasteiger partial charge in [-0.05, 0) is 34.1 Å². The molecule has 3 aromatic rings. The highest BCUT2D eigenvalue weighted by molar-refractivity contribution is 9.10. The van der Waals surface area contributed by atoms with Crippen LogP contribution in [0.1, 0.15) is 16.1 Å². The van der Waals surface area contributed by atoms with Gasteiger partial charge in [0.1, 0.15) is 18.6 Å². The van der Waals surface area contributed by atoms with Crippen molar-refractivity contribution in [3.8, 4) is 11.5 Å². The molecule has 0 atom stereocenters. The molecule has 0 saturated carbocycles. The van der Waals surface area contributed by atoms with Crippen molar-refractivity contribution in [1.29, 1.82) is 0 Å². The van der Waals surface area contributed by atoms with Gasteiger partial charge in [-0.25, -0.2) is 9.78 Å². The van der Waals surface area contributed by atoms with E-state index in [0.29, 0.717) is 17.1 Å². The third-order valence-electron chi connectivity index (χ3n) is 2.86. The molecule has 2 heterocycles. The largest absolute Gasteiger partial charge is 0.455 e. The van der Waals surface area contributed by atoms with E-state index in [4.69, 9.17) is 9.15 Å². The topological polar surface area (TPSA) is 65.2 Å². The van der Waals surface area contributed by atoms with Crippen molar-refractivity contribution in [3.63, 3.8) is 0 Å². The van der Waals surface area contributed by atoms with Crippen LogP contribution in [0.15, 0.2) is 63.9 Å². The van der Waals surface area contributed by atoms with Crippen molar-refractivity contribution in [2.75, 3.05) is 0 Å². The van der Waals surface area contributed by atoms with Crippen LogP contribution < -0.4 is 0 Å². The van der Waals surface area contributed by atoms with Crippen LogP contribution in [0.5, 0.6) is 0 Å². The molecular formula is C16H11BrN2O3. The monoisotopic (exact) mass is 358 g/mol. The molecule has 0 amide bonds. The Morgan fingerprint density at radius 2 is 2.05 bits per heavy atom. The van der Waals surface area contributed by atoms with Crippen molar-refractivity contribution in [1.82, 2.24) is 9.97 Å². The van der Waals surface area contributed by atoms with E-state index in [1.807, 2.05) is 30.3 Å². The minimum absolute atomic E-state index is 0.0433. The highest BCUT2D eigenvalue weighted by Gasteiger charge is 2.11. The molecule has 0 aliphatic heterocycles. The summed E-state index contributed by atoms with van der Waals surface area (Å²) in [6, 6.07) is 11.2. The standard InChI is InChI=1S/C16H11BrN2O3/c17-13-6-12(7-18-8-13)16(20)22-10-14-9-21-15(19-14)11-4-2-1-3-5-11/h1-9H,10H2. The number of benzene rings is 1. The molecule has 110 valence electrons. The first-order valence-corrected chi connectivity index (χ1v) is 7.29. The second-order valence-electron chi connectivity index (χ2n) is 4.48. The maximum absolute atomic E-state index is 11.9. The number of hydrogen-bond donors (Lipinski definition) is 0. The summed E-state index contributed by atoms with van der Waals surface area (Å²) in [5, 5.41) is 0. The highest BCUT2D eigenvalue weighted by atomic mass is 79.9. The second-order valence-corrected chi connectivity index (χ2v) is 5.39. The molecule has 0 bridgehead atoms. The quantitative estimate of drug-likeness (QED) is 0.662. The average molecular weight is 359 g/mol. The number of carbonyl (C=O) groups excluding carboxylic acids is 1. The van der Waals surface area contributed by atoms with Gasteiger partial charge in [0.15, 0.2) is 0 Å². The van der Waals surface area contributed by atoms with Crippen LogP contribution in [0, 0.1) is 0 Å². The van der Waals surface area contributed by atoms with E-state index in [9.17, 15) is 4.79 Å². The van der Waals surface area contributed by atoms with Gasteiger partial charge in [0.25, 0.3) is 0 Å². The predicted molar refractivity (Wildman–Crippen MR) is 83.0 cm³/mol. The molecule has 0 spiro atoms. The molecular weight excluding hydrogens is 348 g/mol. The highest BCUT2D eigenvalue weighted by Crippen LogP contribution is 2.18. The summed E-state index contributed by atoms with van der Waals surface area (Å²) >= 11 is 3.26. The van der Waals surface area contributed by atoms with Crippen molar-refractivity contribution >= 4 is 21.9 Å². The molecule has 22 heavy (non-hydrogen) atoms. The molecule has 0 aliphatic rings. The maximum atomic E-state index is 11.9. The van der Waals surface area contributed by atoms with E-state index in [-0.39, 0.29) is 6.61 Å². The van der Waals surface area contributed by atoms with Crippen LogP contribution in [-0.2, 0) is 11.3 Å². The summed E-state index contributed by atoms with van der Waals surface area (Å²) in [7, 11) is 0. The van der Waals surface area contributed by atoms with Crippen molar-refractivity contribution in [2.45, 2.75) is 6.61 Å². The Morgan fingerprint density at radius 3 is 2.82 bits per heavy atom. The fraction of sp³-hybridized carbons (Fsp3) is 0.0625. The SMILES string of the molecule is O=C(OCc1coc(-c2ccccc2)n1)c1cncc(Br)c1. The molecule has 0 unspecified atom stereocenters. The molecule has 2 aromatic heterocycles. The Kier molecular flexibility index (Phi) is 4.29. The lowest BCUT2D eigenvalue weighted by molar-refractivity contribution is 0.0467. The molecule has 1 aromatic carbocycles. The van der Waals surface area contributed by atoms with Crippen LogP contribution >= 0.6 is 15.9 Å². The number of aromatic nitrogens is 2. The Balaban J connectivity index is 1.65. The first-order chi connectivity index (χ1) is 10.7. The first-order valence-electron chi connectivity index (χ1n) is 6.50. The Hall–Kier alpha value is -2.47. The summed E-state index contributed by atoms with van der Waals surface area (Å²) in [4.78, 5) is 20.1. The van der Waals surface area contributed by atoms with Gasteiger partial charge < -0.3 is 9.15 Å². The van der Waals surface area contributed by atoms with Gasteiger partial charge in [-0.2, -0.15) is 0 Å². The number of ether oxygens (including phenoxy) is 1. The van der Waals surface area contributed by atoms with E-state index >= 15 is 0 Å². The Morgan fingerprint density at radius 1 is 1.23 bits per heavy atom. The summed E-state index contributed by atoms with van der Waals surface area (Å²) in [5.74, 6) is 0.0360. The zero-order valence-electron chi connectivity index (χ0n) is 11.4. The zero-order valence-corrected chi connectivity index (χ0v) is 13.0. The van der Waals surface area contributed by atoms with E-state index in [1.165, 1.54) is 12.5 Å². The van der Waals surface area contributed by atoms with Crippen LogP contribution in [0.25, 0.3) is 11.5 Å². The van der Waals surface area contributed by atoms with Gasteiger partial charge in [0, 0.05) is 22.4 Å². The lowest BCUT2D eigenvalue weighted by Gasteiger charge is -2.02. The minimum atomic E-state index is -0.460. The number of carbonyl (C=O) groups is 1. The maximum Gasteiger partial charge on any atom is 0.340 e. The van der Waals surface area contributed by atoms with Gasteiger partial charge in [-0.3, -0.25) is 4.98 Å². The van der Waals surface area contributed by atoms with Crippen LogP contribution in [0.3, 0.4) is 0 Å². The van der Waals surface area contributed by atoms with Gasteiger partial charge in [-0.1, -0.05) is 18.2 Å². The number of nitrogens with zero attached hydrogens (tertiary/aromatic N) is 2. The predicted octanol–water partition coefficient (Wildman–Crippen LogP) is 3.86. The molecule has 3 rings (SSSR count). The van der Waals surface area contributed by atoms with Gasteiger partial charge >= 0.3 is 5.97 Å². The Bertz CT molecular complexity index is 787. The second kappa shape index (κ2) is 6.53. The van der Waals surface area contributed by atoms with Gasteiger partial charge in [-0.15, -0.1) is 0 Å². The minimum Gasteiger partial charge on any atom is -0.455 e. The molecule has 0 fully saturated rings. The van der Waals surface area contributed by atoms with Crippen LogP contribution in [-0.4, -0.2) is 15.9 Å². The third kappa shape index (κ3) is 3.40. The number of esters is 1. The molecule has 0 radical (unpaired) electrons. The van der Waals surface area contributed by atoms with E-state index < -0.39 is 5.97 Å². The van der Waals surface area contributed by atoms with Crippen LogP contribution in [0.4, 0.5) is 0 Å². The summed E-state index contributed by atoms with van der Waals surface area (Å²) in [6.07, 6.45) is 4.53. The van der Waals surface area contributed by atoms with Crippen LogP contribution in [0.2, 0.25) is 0 Å². The fourth-order valence-electron chi connectivity index (χ4n) is 1.83. The number of pyridine rings is 1. The summed E-state index contributed by atoms with van der Waals surface area (Å²) in [5.41, 5.74) is 1.80. The van der Waals surface area contributed by atoms with Gasteiger partial charge in [0.2, 0.25) is 5.89 Å². The molecule has 6 heteroatoms. The van der Waals surface area contributed by atoms with Crippen molar-refractivity contribution < 1.29 is 13.9 Å². The van der Waals surface area contributed by atoms with Crippen molar-refractivity contribution in [2.24, 2.45) is 0 Å². The smallest absolute Gasteiger partial charge is 0.340 e. The average Bonchev–Trinajstić information content (AvgIpc) is 3.02. The summed E-state index contributed by atoms with van der Waals surface area (Å²) < 4.78 is 11.3. The first kappa shape index (κ1) is 14.5. The molecule has 0 aliphatic carbocycles. The lowest BCUT2D eigenvalue weighted by Crippen LogP contribution is -2.05. The zero-order chi connectivity index (χ0) is 15.4. The Labute approximate surface area is 135 Å². The van der Waals surface area contributed by atoms with E-state index in [1.54, 1.807) is 12.3 Å². The number of hydrogen-bond acceptors (Lipinski definition) is 5. The normalized spacial score (nSPS) is 10.4. The number of rotatable bonds is 4. The number of halogens is 1. The number of oxazole rings is 1. The summed E-state index contributed by atoms with van der Waals surface area (Å²) in [6.45, 7) is 0.0433. The fourth-order valence-corrected chi connectivity index (χ4v) is 2.20. The third-order valence-corrected chi connectivity index (χ3v) is 3.30. The van der Waals surface area contributed by atoms with Crippen molar-refractivity contribution in [3.05, 3.63) is 70.8 Å². The van der Waals surface area contributed by atoms with Gasteiger partial charge in [0.05, 0.1) is 5.56 Å². The van der Waals surface area contributed by atoms with E-state index in [2.05, 4.69) is 25.9 Å². The molecule has 0 saturated heterocycles. The molecule has 0 N–H and O–H groups in total.